The number of Topliss-reactive ketones (excluding diaryl/α,β-unsaturated/α-hetero) is 1. The Hall–Kier alpha value is -3.51. The largest absolute Gasteiger partial charge is 0.507 e. The summed E-state index contributed by atoms with van der Waals surface area (Å²) < 4.78 is 11.3. The number of ether oxygens (including phenoxy) is 1. The molecular formula is C27H26ClNO5. The van der Waals surface area contributed by atoms with E-state index < -0.39 is 17.7 Å². The van der Waals surface area contributed by atoms with Crippen molar-refractivity contribution in [2.45, 2.75) is 32.9 Å². The lowest BCUT2D eigenvalue weighted by molar-refractivity contribution is -0.140. The first-order chi connectivity index (χ1) is 16.3. The standard InChI is InChI=1S/C27H26ClNO5/c1-17(2)12-14-34-21-6-3-5-19(15-21)24-23(25(30)18-8-10-20(28)11-9-18)26(31)27(32)29(24)16-22-7-4-13-33-22/h3-11,13,15,17,24,30H,12,14,16H2,1-2H3/b25-23+. The second-order valence-electron chi connectivity index (χ2n) is 8.62. The number of hydrogen-bond acceptors (Lipinski definition) is 5. The number of ketones is 1. The van der Waals surface area contributed by atoms with Gasteiger partial charge >= 0.3 is 0 Å². The zero-order chi connectivity index (χ0) is 24.2. The molecule has 1 amide bonds. The number of furan rings is 1. The molecule has 0 aliphatic carbocycles. The van der Waals surface area contributed by atoms with E-state index in [9.17, 15) is 14.7 Å². The summed E-state index contributed by atoms with van der Waals surface area (Å²) >= 11 is 5.98. The Bertz CT molecular complexity index is 1200. The summed E-state index contributed by atoms with van der Waals surface area (Å²) in [4.78, 5) is 27.6. The average molecular weight is 480 g/mol. The Labute approximate surface area is 203 Å². The fourth-order valence-electron chi connectivity index (χ4n) is 3.91. The summed E-state index contributed by atoms with van der Waals surface area (Å²) in [6.07, 6.45) is 2.41. The van der Waals surface area contributed by atoms with E-state index in [2.05, 4.69) is 13.8 Å². The Morgan fingerprint density at radius 2 is 1.88 bits per heavy atom. The van der Waals surface area contributed by atoms with Gasteiger partial charge in [-0.15, -0.1) is 0 Å². The Kier molecular flexibility index (Phi) is 7.08. The third-order valence-corrected chi connectivity index (χ3v) is 5.95. The SMILES string of the molecule is CC(C)CCOc1cccc(C2/C(=C(\O)c3ccc(Cl)cc3)C(=O)C(=O)N2Cc2ccco2)c1. The van der Waals surface area contributed by atoms with Gasteiger partial charge in [-0.1, -0.05) is 37.6 Å². The van der Waals surface area contributed by atoms with Crippen molar-refractivity contribution in [3.05, 3.63) is 94.4 Å². The highest BCUT2D eigenvalue weighted by Crippen LogP contribution is 2.41. The number of halogens is 1. The molecule has 7 heteroatoms. The van der Waals surface area contributed by atoms with E-state index in [1.807, 2.05) is 18.2 Å². The molecule has 176 valence electrons. The van der Waals surface area contributed by atoms with E-state index in [1.54, 1.807) is 42.5 Å². The quantitative estimate of drug-likeness (QED) is 0.244. The van der Waals surface area contributed by atoms with Gasteiger partial charge in [0.15, 0.2) is 0 Å². The number of aliphatic hydroxyl groups is 1. The third kappa shape index (κ3) is 5.02. The molecule has 34 heavy (non-hydrogen) atoms. The maximum Gasteiger partial charge on any atom is 0.296 e. The van der Waals surface area contributed by atoms with E-state index in [0.29, 0.717) is 40.2 Å². The van der Waals surface area contributed by atoms with E-state index in [-0.39, 0.29) is 17.9 Å². The van der Waals surface area contributed by atoms with Crippen LogP contribution in [0, 0.1) is 5.92 Å². The predicted octanol–water partition coefficient (Wildman–Crippen LogP) is 5.98. The number of amides is 1. The molecule has 1 fully saturated rings. The summed E-state index contributed by atoms with van der Waals surface area (Å²) in [7, 11) is 0. The van der Waals surface area contributed by atoms with E-state index in [0.717, 1.165) is 6.42 Å². The number of nitrogens with zero attached hydrogens (tertiary/aromatic N) is 1. The van der Waals surface area contributed by atoms with Gasteiger partial charge < -0.3 is 19.2 Å². The second-order valence-corrected chi connectivity index (χ2v) is 9.05. The monoisotopic (exact) mass is 479 g/mol. The maximum atomic E-state index is 13.1. The lowest BCUT2D eigenvalue weighted by Crippen LogP contribution is -2.29. The minimum Gasteiger partial charge on any atom is -0.507 e. The van der Waals surface area contributed by atoms with Crippen molar-refractivity contribution < 1.29 is 23.8 Å². The molecule has 2 aromatic carbocycles. The van der Waals surface area contributed by atoms with Crippen LogP contribution in [-0.2, 0) is 16.1 Å². The molecule has 1 N–H and O–H groups in total. The van der Waals surface area contributed by atoms with Gasteiger partial charge in [0.05, 0.1) is 31.0 Å². The molecular weight excluding hydrogens is 454 g/mol. The van der Waals surface area contributed by atoms with Crippen LogP contribution in [0.5, 0.6) is 5.75 Å². The maximum absolute atomic E-state index is 13.1. The zero-order valence-corrected chi connectivity index (χ0v) is 19.8. The van der Waals surface area contributed by atoms with Gasteiger partial charge in [0.1, 0.15) is 17.3 Å². The van der Waals surface area contributed by atoms with E-state index in [4.69, 9.17) is 20.8 Å². The van der Waals surface area contributed by atoms with Gasteiger partial charge in [-0.3, -0.25) is 9.59 Å². The van der Waals surface area contributed by atoms with Crippen LogP contribution in [0.25, 0.3) is 5.76 Å². The second kappa shape index (κ2) is 10.2. The summed E-state index contributed by atoms with van der Waals surface area (Å²) in [5, 5.41) is 11.6. The van der Waals surface area contributed by atoms with Crippen LogP contribution in [0.3, 0.4) is 0 Å². The number of benzene rings is 2. The molecule has 1 saturated heterocycles. The molecule has 6 nitrogen and oxygen atoms in total. The van der Waals surface area contributed by atoms with Crippen molar-refractivity contribution in [1.82, 2.24) is 4.90 Å². The van der Waals surface area contributed by atoms with Gasteiger partial charge in [-0.05, 0) is 66.4 Å². The first-order valence-electron chi connectivity index (χ1n) is 11.1. The molecule has 3 aromatic rings. The van der Waals surface area contributed by atoms with Crippen LogP contribution >= 0.6 is 11.6 Å². The van der Waals surface area contributed by atoms with Crippen LogP contribution in [0.4, 0.5) is 0 Å². The minimum atomic E-state index is -0.811. The number of hydrogen-bond donors (Lipinski definition) is 1. The first kappa shape index (κ1) is 23.6. The van der Waals surface area contributed by atoms with Crippen LogP contribution in [0.15, 0.2) is 76.9 Å². The summed E-state index contributed by atoms with van der Waals surface area (Å²) in [5.41, 5.74) is 1.07. The smallest absolute Gasteiger partial charge is 0.296 e. The van der Waals surface area contributed by atoms with E-state index >= 15 is 0 Å². The Balaban J connectivity index is 1.77. The predicted molar refractivity (Wildman–Crippen MR) is 129 cm³/mol. The molecule has 0 saturated carbocycles. The molecule has 1 aromatic heterocycles. The van der Waals surface area contributed by atoms with Crippen molar-refractivity contribution in [2.75, 3.05) is 6.61 Å². The van der Waals surface area contributed by atoms with Crippen LogP contribution < -0.4 is 4.74 Å². The molecule has 4 rings (SSSR count). The molecule has 0 bridgehead atoms. The lowest BCUT2D eigenvalue weighted by atomic mass is 9.95. The van der Waals surface area contributed by atoms with Crippen molar-refractivity contribution in [3.63, 3.8) is 0 Å². The summed E-state index contributed by atoms with van der Waals surface area (Å²) in [6, 6.07) is 16.4. The highest BCUT2D eigenvalue weighted by molar-refractivity contribution is 6.46. The fraction of sp³-hybridized carbons (Fsp3) is 0.259. The number of carbonyl (C=O) groups excluding carboxylic acids is 2. The highest BCUT2D eigenvalue weighted by Gasteiger charge is 2.46. The van der Waals surface area contributed by atoms with E-state index in [1.165, 1.54) is 11.2 Å². The van der Waals surface area contributed by atoms with Gasteiger partial charge in [0.2, 0.25) is 0 Å². The van der Waals surface area contributed by atoms with Gasteiger partial charge in [-0.2, -0.15) is 0 Å². The minimum absolute atomic E-state index is 0.0122. The molecule has 0 spiro atoms. The summed E-state index contributed by atoms with van der Waals surface area (Å²) in [5.74, 6) is -0.0508. The number of carbonyl (C=O) groups is 2. The highest BCUT2D eigenvalue weighted by atomic mass is 35.5. The van der Waals surface area contributed by atoms with Crippen molar-refractivity contribution in [2.24, 2.45) is 5.92 Å². The van der Waals surface area contributed by atoms with Gasteiger partial charge in [0, 0.05) is 10.6 Å². The number of aliphatic hydroxyl groups excluding tert-OH is 1. The van der Waals surface area contributed by atoms with Crippen LogP contribution in [0.2, 0.25) is 5.02 Å². The van der Waals surface area contributed by atoms with Crippen LogP contribution in [0.1, 0.15) is 43.2 Å². The molecule has 0 radical (unpaired) electrons. The zero-order valence-electron chi connectivity index (χ0n) is 19.0. The summed E-state index contributed by atoms with van der Waals surface area (Å²) in [6.45, 7) is 4.88. The average Bonchev–Trinajstić information content (AvgIpc) is 3.41. The van der Waals surface area contributed by atoms with Gasteiger partial charge in [0.25, 0.3) is 11.7 Å². The van der Waals surface area contributed by atoms with Crippen LogP contribution in [-0.4, -0.2) is 28.3 Å². The Morgan fingerprint density at radius 3 is 2.56 bits per heavy atom. The van der Waals surface area contributed by atoms with Crippen molar-refractivity contribution >= 4 is 29.1 Å². The molecule has 1 unspecified atom stereocenters. The normalized spacial score (nSPS) is 17.5. The third-order valence-electron chi connectivity index (χ3n) is 5.70. The number of likely N-dealkylation sites (tertiary alicyclic amines) is 1. The van der Waals surface area contributed by atoms with Crippen molar-refractivity contribution in [1.29, 1.82) is 0 Å². The topological polar surface area (TPSA) is 80.0 Å². The molecule has 1 aliphatic heterocycles. The molecule has 1 atom stereocenters. The van der Waals surface area contributed by atoms with Gasteiger partial charge in [-0.25, -0.2) is 0 Å². The number of rotatable bonds is 8. The fourth-order valence-corrected chi connectivity index (χ4v) is 4.04. The molecule has 1 aliphatic rings. The lowest BCUT2D eigenvalue weighted by Gasteiger charge is -2.25. The molecule has 2 heterocycles. The van der Waals surface area contributed by atoms with Crippen molar-refractivity contribution in [3.8, 4) is 5.75 Å². The Morgan fingerprint density at radius 1 is 1.12 bits per heavy atom. The first-order valence-corrected chi connectivity index (χ1v) is 11.5.